The number of hydrogen-bond donors (Lipinski definition) is 1. The highest BCUT2D eigenvalue weighted by atomic mass is 32.2. The van der Waals surface area contributed by atoms with Crippen LogP contribution in [0, 0.1) is 5.82 Å². The average Bonchev–Trinajstić information content (AvgIpc) is 2.60. The Bertz CT molecular complexity index is 673. The number of hydrogen-bond acceptors (Lipinski definition) is 4. The van der Waals surface area contributed by atoms with Crippen LogP contribution in [0.5, 0.6) is 0 Å². The third kappa shape index (κ3) is 5.67. The average molecular weight is 371 g/mol. The number of nitrogens with zero attached hydrogens (tertiary/aromatic N) is 2. The Hall–Kier alpha value is -1.67. The zero-order valence-corrected chi connectivity index (χ0v) is 15.4. The van der Waals surface area contributed by atoms with Crippen LogP contribution in [0.3, 0.4) is 0 Å². The van der Waals surface area contributed by atoms with Gasteiger partial charge in [-0.2, -0.15) is 4.31 Å². The molecule has 8 heteroatoms. The number of benzene rings is 1. The van der Waals surface area contributed by atoms with E-state index in [4.69, 9.17) is 0 Å². The summed E-state index contributed by atoms with van der Waals surface area (Å²) >= 11 is 0. The minimum Gasteiger partial charge on any atom is -0.367 e. The molecule has 140 valence electrons. The van der Waals surface area contributed by atoms with Gasteiger partial charge in [0.2, 0.25) is 15.9 Å². The predicted octanol–water partition coefficient (Wildman–Crippen LogP) is 1.58. The van der Waals surface area contributed by atoms with Gasteiger partial charge in [-0.1, -0.05) is 25.5 Å². The number of amides is 1. The van der Waals surface area contributed by atoms with Crippen molar-refractivity contribution >= 4 is 21.6 Å². The topological polar surface area (TPSA) is 69.7 Å². The molecule has 1 saturated heterocycles. The van der Waals surface area contributed by atoms with E-state index in [1.54, 1.807) is 18.2 Å². The van der Waals surface area contributed by atoms with E-state index in [0.717, 1.165) is 12.8 Å². The summed E-state index contributed by atoms with van der Waals surface area (Å²) in [5, 5.41) is 2.65. The van der Waals surface area contributed by atoms with Crippen LogP contribution in [0.4, 0.5) is 10.1 Å². The van der Waals surface area contributed by atoms with Crippen LogP contribution in [0.25, 0.3) is 0 Å². The van der Waals surface area contributed by atoms with E-state index in [2.05, 4.69) is 5.32 Å². The van der Waals surface area contributed by atoms with Crippen molar-refractivity contribution in [3.63, 3.8) is 0 Å². The lowest BCUT2D eigenvalue weighted by molar-refractivity contribution is -0.121. The molecule has 2 rings (SSSR count). The predicted molar refractivity (Wildman–Crippen MR) is 96.5 cm³/mol. The van der Waals surface area contributed by atoms with Crippen molar-refractivity contribution in [2.45, 2.75) is 26.2 Å². The highest BCUT2D eigenvalue weighted by Crippen LogP contribution is 2.21. The van der Waals surface area contributed by atoms with Crippen LogP contribution in [-0.4, -0.2) is 57.1 Å². The summed E-state index contributed by atoms with van der Waals surface area (Å²) in [4.78, 5) is 13.4. The zero-order valence-electron chi connectivity index (χ0n) is 14.6. The highest BCUT2D eigenvalue weighted by Gasteiger charge is 2.27. The fourth-order valence-electron chi connectivity index (χ4n) is 2.79. The minimum atomic E-state index is -3.42. The van der Waals surface area contributed by atoms with Gasteiger partial charge in [0.1, 0.15) is 5.82 Å². The number of carbonyl (C=O) groups is 1. The number of nitrogens with one attached hydrogen (secondary N) is 1. The molecule has 0 aromatic heterocycles. The molecule has 1 aliphatic rings. The number of rotatable bonds is 8. The van der Waals surface area contributed by atoms with Crippen molar-refractivity contribution in [3.05, 3.63) is 30.1 Å². The third-order valence-corrected chi connectivity index (χ3v) is 6.14. The van der Waals surface area contributed by atoms with E-state index < -0.39 is 10.0 Å². The molecule has 1 aromatic rings. The Morgan fingerprint density at radius 3 is 2.52 bits per heavy atom. The summed E-state index contributed by atoms with van der Waals surface area (Å²) in [6.45, 7) is 3.66. The van der Waals surface area contributed by atoms with Crippen molar-refractivity contribution in [2.24, 2.45) is 0 Å². The fraction of sp³-hybridized carbons (Fsp3) is 0.588. The molecule has 0 saturated carbocycles. The molecule has 1 heterocycles. The van der Waals surface area contributed by atoms with E-state index in [0.29, 0.717) is 38.3 Å². The monoisotopic (exact) mass is 371 g/mol. The quantitative estimate of drug-likeness (QED) is 0.753. The molecule has 0 radical (unpaired) electrons. The zero-order chi connectivity index (χ0) is 18.3. The molecular weight excluding hydrogens is 345 g/mol. The van der Waals surface area contributed by atoms with Gasteiger partial charge in [-0.05, 0) is 18.6 Å². The van der Waals surface area contributed by atoms with Crippen molar-refractivity contribution in [1.29, 1.82) is 0 Å². The Kier molecular flexibility index (Phi) is 7.19. The number of sulfonamides is 1. The number of unbranched alkanes of at least 4 members (excludes halogenated alkanes) is 1. The van der Waals surface area contributed by atoms with Gasteiger partial charge in [0.15, 0.2) is 0 Å². The summed E-state index contributed by atoms with van der Waals surface area (Å²) in [6, 6.07) is 6.50. The first-order valence-corrected chi connectivity index (χ1v) is 10.3. The molecule has 1 amide bonds. The van der Waals surface area contributed by atoms with Gasteiger partial charge in [-0.25, -0.2) is 12.8 Å². The standard InChI is InChI=1S/C17H26FN3O3S/c1-2-3-8-17(22)19-9-14-25(23,24)21-12-10-20(11-13-21)16-7-5-4-6-15(16)18/h4-7H,2-3,8-14H2,1H3,(H,19,22). The molecule has 0 aliphatic carbocycles. The maximum Gasteiger partial charge on any atom is 0.220 e. The van der Waals surface area contributed by atoms with Gasteiger partial charge in [0.05, 0.1) is 11.4 Å². The Labute approximate surface area is 149 Å². The van der Waals surface area contributed by atoms with Crippen LogP contribution in [0.1, 0.15) is 26.2 Å². The SMILES string of the molecule is CCCCC(=O)NCCS(=O)(=O)N1CCN(c2ccccc2F)CC1. The smallest absolute Gasteiger partial charge is 0.220 e. The van der Waals surface area contributed by atoms with Crippen molar-refractivity contribution in [2.75, 3.05) is 43.4 Å². The molecule has 1 N–H and O–H groups in total. The Balaban J connectivity index is 1.81. The van der Waals surface area contributed by atoms with Crippen LogP contribution in [0.15, 0.2) is 24.3 Å². The number of halogens is 1. The van der Waals surface area contributed by atoms with E-state index >= 15 is 0 Å². The second-order valence-corrected chi connectivity index (χ2v) is 8.20. The maximum absolute atomic E-state index is 13.8. The lowest BCUT2D eigenvalue weighted by atomic mass is 10.2. The molecule has 0 atom stereocenters. The largest absolute Gasteiger partial charge is 0.367 e. The Morgan fingerprint density at radius 2 is 1.88 bits per heavy atom. The summed E-state index contributed by atoms with van der Waals surface area (Å²) in [5.74, 6) is -0.514. The third-order valence-electron chi connectivity index (χ3n) is 4.26. The maximum atomic E-state index is 13.8. The van der Waals surface area contributed by atoms with Gasteiger partial charge in [-0.15, -0.1) is 0 Å². The normalized spacial score (nSPS) is 16.0. The molecule has 6 nitrogen and oxygen atoms in total. The number of anilines is 1. The van der Waals surface area contributed by atoms with E-state index in [1.165, 1.54) is 10.4 Å². The summed E-state index contributed by atoms with van der Waals surface area (Å²) in [6.07, 6.45) is 2.16. The van der Waals surface area contributed by atoms with E-state index in [9.17, 15) is 17.6 Å². The van der Waals surface area contributed by atoms with Gasteiger partial charge < -0.3 is 10.2 Å². The van der Waals surface area contributed by atoms with Crippen LogP contribution in [-0.2, 0) is 14.8 Å². The lowest BCUT2D eigenvalue weighted by Crippen LogP contribution is -2.50. The summed E-state index contributed by atoms with van der Waals surface area (Å²) < 4.78 is 40.0. The van der Waals surface area contributed by atoms with Crippen molar-refractivity contribution in [3.8, 4) is 0 Å². The first-order valence-electron chi connectivity index (χ1n) is 8.68. The van der Waals surface area contributed by atoms with Crippen LogP contribution >= 0.6 is 0 Å². The minimum absolute atomic E-state index is 0.107. The first kappa shape index (κ1) is 19.7. The fourth-order valence-corrected chi connectivity index (χ4v) is 4.13. The molecule has 0 unspecified atom stereocenters. The summed E-state index contributed by atoms with van der Waals surface area (Å²) in [7, 11) is -3.42. The van der Waals surface area contributed by atoms with Gasteiger partial charge in [-0.3, -0.25) is 4.79 Å². The van der Waals surface area contributed by atoms with E-state index in [1.807, 2.05) is 11.8 Å². The molecule has 1 aliphatic heterocycles. The van der Waals surface area contributed by atoms with Crippen LogP contribution < -0.4 is 10.2 Å². The molecule has 1 aromatic carbocycles. The van der Waals surface area contributed by atoms with Crippen LogP contribution in [0.2, 0.25) is 0 Å². The van der Waals surface area contributed by atoms with Crippen molar-refractivity contribution < 1.29 is 17.6 Å². The summed E-state index contributed by atoms with van der Waals surface area (Å²) in [5.41, 5.74) is 0.503. The second kappa shape index (κ2) is 9.15. The first-order chi connectivity index (χ1) is 11.9. The second-order valence-electron chi connectivity index (χ2n) is 6.11. The molecular formula is C17H26FN3O3S. The van der Waals surface area contributed by atoms with Gasteiger partial charge >= 0.3 is 0 Å². The lowest BCUT2D eigenvalue weighted by Gasteiger charge is -2.35. The van der Waals surface area contributed by atoms with E-state index in [-0.39, 0.29) is 24.0 Å². The number of para-hydroxylation sites is 1. The molecule has 0 bridgehead atoms. The highest BCUT2D eigenvalue weighted by molar-refractivity contribution is 7.89. The van der Waals surface area contributed by atoms with Gasteiger partial charge in [0.25, 0.3) is 0 Å². The van der Waals surface area contributed by atoms with Gasteiger partial charge in [0, 0.05) is 39.1 Å². The Morgan fingerprint density at radius 1 is 1.20 bits per heavy atom. The molecule has 0 spiro atoms. The molecule has 1 fully saturated rings. The van der Waals surface area contributed by atoms with Crippen molar-refractivity contribution in [1.82, 2.24) is 9.62 Å². The molecule has 25 heavy (non-hydrogen) atoms. The number of carbonyl (C=O) groups excluding carboxylic acids is 1. The number of piperazine rings is 1.